The van der Waals surface area contributed by atoms with Crippen LogP contribution in [0.25, 0.3) is 0 Å². The van der Waals surface area contributed by atoms with E-state index in [0.717, 1.165) is 212 Å². The largest absolute Gasteiger partial charge is 0.508 e. The van der Waals surface area contributed by atoms with Crippen LogP contribution in [0.15, 0.2) is 224 Å². The quantitative estimate of drug-likeness (QED) is 0.0129. The Labute approximate surface area is 836 Å². The SMILES string of the molecule is CC(C)=CCC/C(C)=C/CO.CC(C)=CCC/C(C)=C/CO.CCCCCc1cc(O)c(C/C=C(\C)CCC=C(C)C)c(O)c1.CCCCCc1cc(O)c(C/C=C(\C)CCC=C(C)C)c(O)c1.CCCCCc1cc(O)c(C/C=C(\C)CCC=C(C)C)c(O)c1C/C=C(\C)CCC=C(C)C.CCCCCc1cc(O)cc(O)c1.CCCCCc1cc(O)cc(O)c1C/C=C(\C)CCC=C(C)C. The molecule has 137 heavy (non-hydrogen) atoms. The van der Waals surface area contributed by atoms with Crippen molar-refractivity contribution in [1.82, 2.24) is 0 Å². The van der Waals surface area contributed by atoms with E-state index < -0.39 is 0 Å². The molecular formula is C125H196O12. The average molecular weight is 1890 g/mol. The van der Waals surface area contributed by atoms with Crippen molar-refractivity contribution in [1.29, 1.82) is 0 Å². The molecule has 0 atom stereocenters. The lowest BCUT2D eigenvalue weighted by Gasteiger charge is -2.16. The number of rotatable bonds is 53. The van der Waals surface area contributed by atoms with E-state index in [0.29, 0.717) is 42.4 Å². The number of hydrogen-bond donors (Lipinski definition) is 12. The molecule has 0 bridgehead atoms. The van der Waals surface area contributed by atoms with Crippen molar-refractivity contribution >= 4 is 0 Å². The van der Waals surface area contributed by atoms with E-state index in [2.05, 4.69) is 253 Å². The first-order chi connectivity index (χ1) is 65.0. The number of benzene rings is 5. The highest BCUT2D eigenvalue weighted by Crippen LogP contribution is 2.38. The van der Waals surface area contributed by atoms with Gasteiger partial charge in [-0.1, -0.05) is 262 Å². The number of unbranched alkanes of at least 4 members (excludes halogenated alkanes) is 10. The molecule has 0 heterocycles. The van der Waals surface area contributed by atoms with Gasteiger partial charge in [0.2, 0.25) is 0 Å². The molecule has 0 radical (unpaired) electrons. The van der Waals surface area contributed by atoms with Crippen LogP contribution in [0.1, 0.15) is 422 Å². The van der Waals surface area contributed by atoms with Crippen molar-refractivity contribution in [2.75, 3.05) is 13.2 Å². The fourth-order valence-electron chi connectivity index (χ4n) is 14.9. The van der Waals surface area contributed by atoms with Gasteiger partial charge >= 0.3 is 0 Å². The lowest BCUT2D eigenvalue weighted by Crippen LogP contribution is -1.99. The minimum Gasteiger partial charge on any atom is -0.508 e. The van der Waals surface area contributed by atoms with Gasteiger partial charge in [0.05, 0.1) is 13.2 Å². The number of aliphatic hydroxyl groups excluding tert-OH is 2. The molecule has 12 N–H and O–H groups in total. The Morgan fingerprint density at radius 1 is 0.204 bits per heavy atom. The summed E-state index contributed by atoms with van der Waals surface area (Å²) < 4.78 is 0. The van der Waals surface area contributed by atoms with E-state index in [1.165, 1.54) is 142 Å². The van der Waals surface area contributed by atoms with Crippen LogP contribution >= 0.6 is 0 Å². The van der Waals surface area contributed by atoms with E-state index in [9.17, 15) is 51.1 Å². The van der Waals surface area contributed by atoms with Gasteiger partial charge in [0.15, 0.2) is 0 Å². The highest BCUT2D eigenvalue weighted by molar-refractivity contribution is 5.55. The Balaban J connectivity index is 0. The maximum atomic E-state index is 11.2. The van der Waals surface area contributed by atoms with Crippen LogP contribution in [0.4, 0.5) is 0 Å². The molecule has 0 fully saturated rings. The molecule has 0 saturated carbocycles. The number of allylic oxidation sites excluding steroid dienone is 26. The second-order valence-corrected chi connectivity index (χ2v) is 39.3. The van der Waals surface area contributed by atoms with Gasteiger partial charge in [-0.2, -0.15) is 0 Å². The van der Waals surface area contributed by atoms with Gasteiger partial charge in [-0.05, 0) is 408 Å². The summed E-state index contributed by atoms with van der Waals surface area (Å²) in [6, 6.07) is 17.1. The number of aromatic hydroxyl groups is 10. The maximum absolute atomic E-state index is 11.2. The molecule has 0 aromatic heterocycles. The summed E-state index contributed by atoms with van der Waals surface area (Å²) in [6.07, 6.45) is 69.8. The fourth-order valence-corrected chi connectivity index (χ4v) is 14.9. The Hall–Kier alpha value is -9.62. The Morgan fingerprint density at radius 2 is 0.416 bits per heavy atom. The van der Waals surface area contributed by atoms with Gasteiger partial charge in [-0.3, -0.25) is 0 Å². The third-order valence-electron chi connectivity index (χ3n) is 23.5. The van der Waals surface area contributed by atoms with Gasteiger partial charge < -0.3 is 61.3 Å². The Kier molecular flexibility index (Phi) is 75.8. The standard InChI is InChI=1S/C31H48O2.3C21H32O2.C11H16O2.2C10H18O/c1-8-9-10-17-27-22-30(32)29(21-19-26(7)16-12-14-24(4)5)31(33)28(27)20-18-25(6)15-11-13-23(2)3;1-5-6-7-11-18-14-19(22)15-21(23)20(18)13-12-17(4)10-8-9-16(2)3;2*1-5-6-7-11-18-14-20(22)19(21(23)15-18)13-12-17(4)10-8-9-16(2)3;1-2-3-4-5-9-6-10(12)8-11(13)7-9;2*1-9(2)5-4-6-10(3)7-8-11/h13-14,18-19,22,32-33H,8-12,15-17,20-21H2,1-7H3;3*9,12,14-15,22-23H,5-8,10-11,13H2,1-4H3;6-8,12-13H,2-5H2,1H3;2*5,7,11H,4,6,8H2,1-3H3/b25-18+,26-19+;3*17-12+;;2*10-7+. The zero-order valence-electron chi connectivity index (χ0n) is 91.2. The molecule has 5 aromatic rings. The summed E-state index contributed by atoms with van der Waals surface area (Å²) in [4.78, 5) is 0. The average Bonchev–Trinajstić information content (AvgIpc) is 0.805. The fraction of sp³-hybridized carbons (Fsp3) is 0.536. The summed E-state index contributed by atoms with van der Waals surface area (Å²) >= 11 is 0. The van der Waals surface area contributed by atoms with Crippen LogP contribution in [-0.2, 0) is 64.2 Å². The number of aliphatic hydroxyl groups is 2. The first-order valence-electron chi connectivity index (χ1n) is 51.9. The van der Waals surface area contributed by atoms with Crippen molar-refractivity contribution in [3.63, 3.8) is 0 Å². The summed E-state index contributed by atoms with van der Waals surface area (Å²) in [5.74, 6) is 2.01. The molecule has 12 nitrogen and oxygen atoms in total. The van der Waals surface area contributed by atoms with Gasteiger partial charge in [0.1, 0.15) is 57.5 Å². The highest BCUT2D eigenvalue weighted by Gasteiger charge is 2.18. The summed E-state index contributed by atoms with van der Waals surface area (Å²) in [6.45, 7) is 55.6. The third-order valence-corrected chi connectivity index (χ3v) is 23.5. The van der Waals surface area contributed by atoms with E-state index >= 15 is 0 Å². The molecule has 0 unspecified atom stereocenters. The second kappa shape index (κ2) is 80.2. The number of phenols is 10. The van der Waals surface area contributed by atoms with E-state index in [-0.39, 0.29) is 70.7 Å². The first kappa shape index (κ1) is 129. The number of aryl methyl sites for hydroxylation is 5. The lowest BCUT2D eigenvalue weighted by molar-refractivity contribution is 0.341. The zero-order valence-corrected chi connectivity index (χ0v) is 91.2. The number of phenolic OH excluding ortho intramolecular Hbond substituents is 10. The Bertz CT molecular complexity index is 4420. The normalized spacial score (nSPS) is 11.5. The van der Waals surface area contributed by atoms with Gasteiger partial charge in [-0.25, -0.2) is 0 Å². The van der Waals surface area contributed by atoms with Crippen molar-refractivity contribution in [3.05, 3.63) is 279 Å². The molecule has 0 spiro atoms. The van der Waals surface area contributed by atoms with E-state index in [1.54, 1.807) is 42.5 Å². The molecule has 5 rings (SSSR count). The molecule has 0 aliphatic heterocycles. The number of hydrogen-bond acceptors (Lipinski definition) is 12. The highest BCUT2D eigenvalue weighted by atomic mass is 16.3. The topological polar surface area (TPSA) is 243 Å². The molecule has 12 heteroatoms. The summed E-state index contributed by atoms with van der Waals surface area (Å²) in [5.41, 5.74) is 27.6. The van der Waals surface area contributed by atoms with Gasteiger partial charge in [-0.15, -0.1) is 0 Å². The Morgan fingerprint density at radius 3 is 0.679 bits per heavy atom. The van der Waals surface area contributed by atoms with Crippen LogP contribution in [0.5, 0.6) is 57.5 Å². The zero-order chi connectivity index (χ0) is 104. The molecule has 0 aliphatic carbocycles. The van der Waals surface area contributed by atoms with Crippen molar-refractivity contribution in [3.8, 4) is 57.5 Å². The van der Waals surface area contributed by atoms with Crippen LogP contribution in [0.3, 0.4) is 0 Å². The summed E-state index contributed by atoms with van der Waals surface area (Å²) in [5, 5.41) is 118. The van der Waals surface area contributed by atoms with Crippen molar-refractivity contribution in [2.24, 2.45) is 0 Å². The minimum atomic E-state index is 0.145. The predicted octanol–water partition coefficient (Wildman–Crippen LogP) is 35.7. The molecule has 0 saturated heterocycles. The van der Waals surface area contributed by atoms with Crippen LogP contribution < -0.4 is 0 Å². The van der Waals surface area contributed by atoms with Gasteiger partial charge in [0.25, 0.3) is 0 Å². The molecule has 0 amide bonds. The molecule has 0 aliphatic rings. The minimum absolute atomic E-state index is 0.145. The van der Waals surface area contributed by atoms with Crippen LogP contribution in [0, 0.1) is 0 Å². The maximum Gasteiger partial charge on any atom is 0.126 e. The first-order valence-corrected chi connectivity index (χ1v) is 51.9. The van der Waals surface area contributed by atoms with Crippen LogP contribution in [-0.4, -0.2) is 74.5 Å². The van der Waals surface area contributed by atoms with Crippen molar-refractivity contribution < 1.29 is 61.3 Å². The van der Waals surface area contributed by atoms with Gasteiger partial charge in [0, 0.05) is 39.9 Å². The van der Waals surface area contributed by atoms with Crippen LogP contribution in [0.2, 0.25) is 0 Å². The van der Waals surface area contributed by atoms with E-state index in [4.69, 9.17) is 10.2 Å². The van der Waals surface area contributed by atoms with E-state index in [1.807, 2.05) is 18.2 Å². The smallest absolute Gasteiger partial charge is 0.126 e. The van der Waals surface area contributed by atoms with Crippen molar-refractivity contribution in [2.45, 2.75) is 430 Å². The molecule has 5 aromatic carbocycles. The molecule has 768 valence electrons. The predicted molar refractivity (Wildman–Crippen MR) is 595 cm³/mol. The third kappa shape index (κ3) is 69.0. The monoisotopic (exact) mass is 1890 g/mol. The molecular weight excluding hydrogens is 1690 g/mol. The summed E-state index contributed by atoms with van der Waals surface area (Å²) in [7, 11) is 0. The lowest BCUT2D eigenvalue weighted by atomic mass is 9.92. The second-order valence-electron chi connectivity index (χ2n) is 39.3.